The number of piperidine rings is 1. The summed E-state index contributed by atoms with van der Waals surface area (Å²) in [6, 6.07) is 4.14. The first-order valence-electron chi connectivity index (χ1n) is 11.2. The number of ether oxygens (including phenoxy) is 1. The number of fused-ring (bicyclic) bond motifs is 1. The second kappa shape index (κ2) is 9.73. The van der Waals surface area contributed by atoms with E-state index in [2.05, 4.69) is 53.6 Å². The molecule has 0 aromatic carbocycles. The highest BCUT2D eigenvalue weighted by atomic mass is 32.1. The summed E-state index contributed by atoms with van der Waals surface area (Å²) in [5.41, 5.74) is 1.09. The van der Waals surface area contributed by atoms with Gasteiger partial charge in [-0.05, 0) is 37.8 Å². The van der Waals surface area contributed by atoms with Gasteiger partial charge >= 0.3 is 0 Å². The number of nitrogens with one attached hydrogen (secondary N) is 1. The van der Waals surface area contributed by atoms with Crippen molar-refractivity contribution in [2.75, 3.05) is 25.0 Å². The summed E-state index contributed by atoms with van der Waals surface area (Å²) < 4.78 is 8.53. The lowest BCUT2D eigenvalue weighted by molar-refractivity contribution is -0.127. The summed E-state index contributed by atoms with van der Waals surface area (Å²) in [6.45, 7) is 13.0. The van der Waals surface area contributed by atoms with Gasteiger partial charge in [0.15, 0.2) is 5.13 Å². The van der Waals surface area contributed by atoms with Crippen molar-refractivity contribution in [3.8, 4) is 5.88 Å². The van der Waals surface area contributed by atoms with Gasteiger partial charge in [0.1, 0.15) is 5.82 Å². The zero-order chi connectivity index (χ0) is 22.7. The summed E-state index contributed by atoms with van der Waals surface area (Å²) in [5.74, 6) is 2.13. The lowest BCUT2D eigenvalue weighted by atomic mass is 9.99. The number of likely N-dealkylation sites (tertiary alicyclic amines) is 1. The highest BCUT2D eigenvalue weighted by Gasteiger charge is 2.23. The Bertz CT molecular complexity index is 1100. The third-order valence-corrected chi connectivity index (χ3v) is 6.44. The Hall–Kier alpha value is -2.87. The van der Waals surface area contributed by atoms with Crippen LogP contribution < -0.4 is 10.1 Å². The molecule has 7 nitrogen and oxygen atoms in total. The Morgan fingerprint density at radius 1 is 1.47 bits per heavy atom. The lowest BCUT2D eigenvalue weighted by Gasteiger charge is -2.31. The van der Waals surface area contributed by atoms with E-state index in [-0.39, 0.29) is 11.8 Å². The van der Waals surface area contributed by atoms with Crippen molar-refractivity contribution in [3.63, 3.8) is 0 Å². The summed E-state index contributed by atoms with van der Waals surface area (Å²) in [4.78, 5) is 24.2. The zero-order valence-electron chi connectivity index (χ0n) is 19.0. The number of nitrogens with zero attached hydrogens (tertiary/aromatic N) is 4. The molecule has 0 saturated carbocycles. The molecule has 0 radical (unpaired) electrons. The number of rotatable bonds is 8. The molecule has 170 valence electrons. The molecule has 1 aliphatic rings. The number of hydrogen-bond acceptors (Lipinski definition) is 6. The minimum atomic E-state index is -0.00841. The Morgan fingerprint density at radius 2 is 2.31 bits per heavy atom. The fourth-order valence-corrected chi connectivity index (χ4v) is 4.81. The zero-order valence-corrected chi connectivity index (χ0v) is 19.8. The number of carbonyl (C=O) groups excluding carboxylic acids is 1. The fourth-order valence-electron chi connectivity index (χ4n) is 4.13. The maximum Gasteiger partial charge on any atom is 0.245 e. The average Bonchev–Trinajstić information content (AvgIpc) is 3.37. The van der Waals surface area contributed by atoms with Gasteiger partial charge in [-0.1, -0.05) is 20.4 Å². The summed E-state index contributed by atoms with van der Waals surface area (Å²) in [6.07, 6.45) is 7.35. The molecule has 4 heterocycles. The molecular weight excluding hydrogens is 422 g/mol. The number of carbonyl (C=O) groups is 1. The third-order valence-electron chi connectivity index (χ3n) is 5.61. The van der Waals surface area contributed by atoms with Crippen molar-refractivity contribution in [2.45, 2.75) is 40.2 Å². The van der Waals surface area contributed by atoms with E-state index in [1.54, 1.807) is 11.3 Å². The second-order valence-electron chi connectivity index (χ2n) is 8.82. The molecule has 1 amide bonds. The third kappa shape index (κ3) is 5.12. The van der Waals surface area contributed by atoms with Crippen LogP contribution in [0.1, 0.15) is 31.6 Å². The number of amides is 1. The first-order chi connectivity index (χ1) is 15.4. The van der Waals surface area contributed by atoms with Crippen LogP contribution in [0.15, 0.2) is 37.2 Å². The largest absolute Gasteiger partial charge is 0.477 e. The van der Waals surface area contributed by atoms with Crippen LogP contribution in [0.25, 0.3) is 10.9 Å². The smallest absolute Gasteiger partial charge is 0.245 e. The van der Waals surface area contributed by atoms with Crippen molar-refractivity contribution in [3.05, 3.63) is 42.1 Å². The van der Waals surface area contributed by atoms with Gasteiger partial charge in [-0.2, -0.15) is 4.98 Å². The van der Waals surface area contributed by atoms with Crippen LogP contribution in [0, 0.1) is 18.8 Å². The van der Waals surface area contributed by atoms with E-state index in [0.29, 0.717) is 24.9 Å². The molecule has 1 atom stereocenters. The number of anilines is 2. The second-order valence-corrected chi connectivity index (χ2v) is 10.1. The van der Waals surface area contributed by atoms with E-state index in [1.165, 1.54) is 6.08 Å². The van der Waals surface area contributed by atoms with Gasteiger partial charge in [0.2, 0.25) is 11.8 Å². The predicted molar refractivity (Wildman–Crippen MR) is 130 cm³/mol. The van der Waals surface area contributed by atoms with Crippen LogP contribution in [0.4, 0.5) is 10.9 Å². The standard InChI is InChI=1S/C24H31N5O2S/c1-5-22(30)29-9-6-7-18(14-29)15-31-23-19-8-10-28(13-16(2)3)20(19)11-21(26-23)27-24-25-12-17(4)32-24/h5,8,10-12,16,18H,1,6-7,9,13-15H2,2-4H3,(H,25,26,27)/t18-/m0/s1. The lowest BCUT2D eigenvalue weighted by Crippen LogP contribution is -2.40. The minimum Gasteiger partial charge on any atom is -0.477 e. The van der Waals surface area contributed by atoms with Gasteiger partial charge in [-0.3, -0.25) is 4.79 Å². The van der Waals surface area contributed by atoms with Gasteiger partial charge in [-0.25, -0.2) is 4.98 Å². The Balaban J connectivity index is 1.58. The number of pyridine rings is 1. The van der Waals surface area contributed by atoms with Crippen molar-refractivity contribution in [1.29, 1.82) is 0 Å². The number of thiazole rings is 1. The van der Waals surface area contributed by atoms with Gasteiger partial charge in [0, 0.05) is 48.9 Å². The molecule has 32 heavy (non-hydrogen) atoms. The molecule has 4 rings (SSSR count). The molecule has 1 aliphatic heterocycles. The fraction of sp³-hybridized carbons (Fsp3) is 0.458. The number of hydrogen-bond donors (Lipinski definition) is 1. The summed E-state index contributed by atoms with van der Waals surface area (Å²) >= 11 is 1.60. The molecule has 0 unspecified atom stereocenters. The topological polar surface area (TPSA) is 72.3 Å². The summed E-state index contributed by atoms with van der Waals surface area (Å²) in [5, 5.41) is 5.15. The van der Waals surface area contributed by atoms with Gasteiger partial charge in [0.25, 0.3) is 0 Å². The monoisotopic (exact) mass is 453 g/mol. The van der Waals surface area contributed by atoms with Crippen molar-refractivity contribution in [2.24, 2.45) is 11.8 Å². The SMILES string of the molecule is C=CC(=O)N1CCC[C@H](COc2nc(Nc3ncc(C)s3)cc3c2ccn3CC(C)C)C1. The summed E-state index contributed by atoms with van der Waals surface area (Å²) in [7, 11) is 0. The van der Waals surface area contributed by atoms with Crippen LogP contribution in [-0.2, 0) is 11.3 Å². The highest BCUT2D eigenvalue weighted by Crippen LogP contribution is 2.31. The van der Waals surface area contributed by atoms with E-state index >= 15 is 0 Å². The van der Waals surface area contributed by atoms with Crippen LogP contribution in [0.5, 0.6) is 5.88 Å². The first-order valence-corrected chi connectivity index (χ1v) is 12.0. The molecule has 1 N–H and O–H groups in total. The molecule has 3 aromatic heterocycles. The van der Waals surface area contributed by atoms with Crippen LogP contribution >= 0.6 is 11.3 Å². The molecule has 1 saturated heterocycles. The van der Waals surface area contributed by atoms with E-state index in [1.807, 2.05) is 18.0 Å². The Kier molecular flexibility index (Phi) is 6.79. The van der Waals surface area contributed by atoms with Crippen LogP contribution in [0.2, 0.25) is 0 Å². The van der Waals surface area contributed by atoms with Crippen molar-refractivity contribution in [1.82, 2.24) is 19.4 Å². The van der Waals surface area contributed by atoms with Crippen molar-refractivity contribution >= 4 is 39.1 Å². The normalized spacial score (nSPS) is 16.5. The molecule has 8 heteroatoms. The molecule has 0 bridgehead atoms. The Morgan fingerprint density at radius 3 is 3.03 bits per heavy atom. The van der Waals surface area contributed by atoms with E-state index in [9.17, 15) is 4.79 Å². The number of aryl methyl sites for hydroxylation is 1. The van der Waals surface area contributed by atoms with Crippen LogP contribution in [0.3, 0.4) is 0 Å². The molecule has 3 aromatic rings. The average molecular weight is 454 g/mol. The van der Waals surface area contributed by atoms with E-state index in [0.717, 1.165) is 52.7 Å². The highest BCUT2D eigenvalue weighted by molar-refractivity contribution is 7.15. The quantitative estimate of drug-likeness (QED) is 0.486. The molecular formula is C24H31N5O2S. The first kappa shape index (κ1) is 22.3. The van der Waals surface area contributed by atoms with Gasteiger partial charge < -0.3 is 19.5 Å². The van der Waals surface area contributed by atoms with Gasteiger partial charge in [0.05, 0.1) is 17.5 Å². The molecule has 1 fully saturated rings. The molecule has 0 aliphatic carbocycles. The van der Waals surface area contributed by atoms with Gasteiger partial charge in [-0.15, -0.1) is 11.3 Å². The maximum atomic E-state index is 12.0. The van der Waals surface area contributed by atoms with Crippen molar-refractivity contribution < 1.29 is 9.53 Å². The predicted octanol–water partition coefficient (Wildman–Crippen LogP) is 5.00. The van der Waals surface area contributed by atoms with Crippen LogP contribution in [-0.4, -0.2) is 45.0 Å². The maximum absolute atomic E-state index is 12.0. The van der Waals surface area contributed by atoms with E-state index in [4.69, 9.17) is 9.72 Å². The molecule has 0 spiro atoms. The Labute approximate surface area is 193 Å². The number of aromatic nitrogens is 3. The van der Waals surface area contributed by atoms with E-state index < -0.39 is 0 Å². The minimum absolute atomic E-state index is 0.00841.